The lowest BCUT2D eigenvalue weighted by molar-refractivity contribution is 0.146. The van der Waals surface area contributed by atoms with Crippen LogP contribution in [0.5, 0.6) is 0 Å². The maximum absolute atomic E-state index is 9.93. The summed E-state index contributed by atoms with van der Waals surface area (Å²) < 4.78 is 0. The van der Waals surface area contributed by atoms with E-state index < -0.39 is 0 Å². The molecule has 16 heavy (non-hydrogen) atoms. The predicted molar refractivity (Wildman–Crippen MR) is 69.9 cm³/mol. The molecule has 0 amide bonds. The summed E-state index contributed by atoms with van der Waals surface area (Å²) in [4.78, 5) is 0. The normalized spacial score (nSPS) is 13.8. The van der Waals surface area contributed by atoms with E-state index in [4.69, 9.17) is 11.6 Å². The van der Waals surface area contributed by atoms with Crippen molar-refractivity contribution in [1.82, 2.24) is 0 Å². The second-order valence-corrected chi connectivity index (χ2v) is 5.96. The van der Waals surface area contributed by atoms with Crippen molar-refractivity contribution in [1.29, 1.82) is 0 Å². The Morgan fingerprint density at radius 1 is 1.25 bits per heavy atom. The zero-order valence-electron chi connectivity index (χ0n) is 10.3. The summed E-state index contributed by atoms with van der Waals surface area (Å²) in [5, 5.41) is 10.7. The van der Waals surface area contributed by atoms with Crippen LogP contribution in [-0.2, 0) is 6.42 Å². The van der Waals surface area contributed by atoms with E-state index in [1.165, 1.54) is 0 Å². The fourth-order valence-electron chi connectivity index (χ4n) is 1.62. The second-order valence-electron chi connectivity index (χ2n) is 5.55. The first kappa shape index (κ1) is 13.5. The Bertz CT molecular complexity index is 328. The standard InChI is InChI=1S/C14H21ClO/c1-14(2,3)9-8-12(16)10-11-6-4-5-7-13(11)15/h4-7,12,16H,8-10H2,1-3H3. The van der Waals surface area contributed by atoms with Crippen molar-refractivity contribution < 1.29 is 5.11 Å². The van der Waals surface area contributed by atoms with E-state index in [1.807, 2.05) is 24.3 Å². The van der Waals surface area contributed by atoms with Crippen LogP contribution in [0.2, 0.25) is 5.02 Å². The van der Waals surface area contributed by atoms with Crippen molar-refractivity contribution in [3.63, 3.8) is 0 Å². The molecule has 2 heteroatoms. The third-order valence-electron chi connectivity index (χ3n) is 2.64. The Morgan fingerprint density at radius 2 is 1.88 bits per heavy atom. The lowest BCUT2D eigenvalue weighted by atomic mass is 9.88. The molecule has 1 unspecified atom stereocenters. The second kappa shape index (κ2) is 5.70. The van der Waals surface area contributed by atoms with Crippen molar-refractivity contribution in [2.24, 2.45) is 5.41 Å². The average Bonchev–Trinajstić information content (AvgIpc) is 2.18. The van der Waals surface area contributed by atoms with Crippen LogP contribution in [0.25, 0.3) is 0 Å². The number of aliphatic hydroxyl groups is 1. The van der Waals surface area contributed by atoms with Crippen LogP contribution < -0.4 is 0 Å². The van der Waals surface area contributed by atoms with Crippen LogP contribution >= 0.6 is 11.6 Å². The maximum atomic E-state index is 9.93. The quantitative estimate of drug-likeness (QED) is 0.841. The number of halogens is 1. The molecule has 1 aromatic rings. The van der Waals surface area contributed by atoms with E-state index in [-0.39, 0.29) is 11.5 Å². The van der Waals surface area contributed by atoms with Gasteiger partial charge < -0.3 is 5.11 Å². The van der Waals surface area contributed by atoms with E-state index >= 15 is 0 Å². The van der Waals surface area contributed by atoms with Crippen LogP contribution in [0.1, 0.15) is 39.2 Å². The molecular weight excluding hydrogens is 220 g/mol. The van der Waals surface area contributed by atoms with Gasteiger partial charge in [0.15, 0.2) is 0 Å². The van der Waals surface area contributed by atoms with Crippen molar-refractivity contribution >= 4 is 11.6 Å². The highest BCUT2D eigenvalue weighted by molar-refractivity contribution is 6.31. The van der Waals surface area contributed by atoms with Gasteiger partial charge in [0.05, 0.1) is 6.10 Å². The van der Waals surface area contributed by atoms with Gasteiger partial charge in [-0.25, -0.2) is 0 Å². The third-order valence-corrected chi connectivity index (χ3v) is 3.01. The molecule has 1 N–H and O–H groups in total. The van der Waals surface area contributed by atoms with Gasteiger partial charge in [-0.2, -0.15) is 0 Å². The Morgan fingerprint density at radius 3 is 2.44 bits per heavy atom. The van der Waals surface area contributed by atoms with E-state index in [2.05, 4.69) is 20.8 Å². The molecule has 0 fully saturated rings. The molecule has 0 saturated heterocycles. The molecule has 1 nitrogen and oxygen atoms in total. The Hall–Kier alpha value is -0.530. The van der Waals surface area contributed by atoms with Gasteiger partial charge >= 0.3 is 0 Å². The molecule has 0 aliphatic heterocycles. The average molecular weight is 241 g/mol. The van der Waals surface area contributed by atoms with E-state index in [0.29, 0.717) is 6.42 Å². The molecule has 0 aliphatic rings. The van der Waals surface area contributed by atoms with Gasteiger partial charge in [-0.15, -0.1) is 0 Å². The summed E-state index contributed by atoms with van der Waals surface area (Å²) in [6.07, 6.45) is 2.21. The number of hydrogen-bond acceptors (Lipinski definition) is 1. The zero-order valence-corrected chi connectivity index (χ0v) is 11.1. The van der Waals surface area contributed by atoms with Gasteiger partial charge in [-0.3, -0.25) is 0 Å². The molecule has 0 bridgehead atoms. The summed E-state index contributed by atoms with van der Waals surface area (Å²) in [6.45, 7) is 6.57. The third kappa shape index (κ3) is 5.00. The van der Waals surface area contributed by atoms with Crippen molar-refractivity contribution in [3.8, 4) is 0 Å². The van der Waals surface area contributed by atoms with Gasteiger partial charge in [0.2, 0.25) is 0 Å². The fraction of sp³-hybridized carbons (Fsp3) is 0.571. The van der Waals surface area contributed by atoms with Crippen molar-refractivity contribution in [2.45, 2.75) is 46.1 Å². The summed E-state index contributed by atoms with van der Waals surface area (Å²) in [5.74, 6) is 0. The van der Waals surface area contributed by atoms with Gasteiger partial charge in [-0.1, -0.05) is 50.6 Å². The van der Waals surface area contributed by atoms with Gasteiger partial charge in [0.25, 0.3) is 0 Å². The molecule has 0 saturated carbocycles. The van der Waals surface area contributed by atoms with Crippen LogP contribution in [0.15, 0.2) is 24.3 Å². The fourth-order valence-corrected chi connectivity index (χ4v) is 1.83. The molecule has 1 aromatic carbocycles. The Labute approximate surface area is 103 Å². The smallest absolute Gasteiger partial charge is 0.0581 e. The molecule has 0 aromatic heterocycles. The van der Waals surface area contributed by atoms with Crippen molar-refractivity contribution in [2.75, 3.05) is 0 Å². The molecular formula is C14H21ClO. The lowest BCUT2D eigenvalue weighted by Gasteiger charge is -2.20. The van der Waals surface area contributed by atoms with Crippen LogP contribution in [0, 0.1) is 5.41 Å². The van der Waals surface area contributed by atoms with Crippen LogP contribution in [-0.4, -0.2) is 11.2 Å². The zero-order chi connectivity index (χ0) is 12.2. The first-order valence-electron chi connectivity index (χ1n) is 5.80. The minimum Gasteiger partial charge on any atom is -0.393 e. The molecule has 0 radical (unpaired) electrons. The van der Waals surface area contributed by atoms with E-state index in [0.717, 1.165) is 23.4 Å². The molecule has 0 heterocycles. The minimum atomic E-state index is -0.292. The van der Waals surface area contributed by atoms with Gasteiger partial charge in [-0.05, 0) is 36.3 Å². The monoisotopic (exact) mass is 240 g/mol. The topological polar surface area (TPSA) is 20.2 Å². The summed E-state index contributed by atoms with van der Waals surface area (Å²) in [6, 6.07) is 7.71. The Balaban J connectivity index is 2.46. The summed E-state index contributed by atoms with van der Waals surface area (Å²) >= 11 is 6.05. The van der Waals surface area contributed by atoms with Gasteiger partial charge in [0, 0.05) is 5.02 Å². The highest BCUT2D eigenvalue weighted by atomic mass is 35.5. The van der Waals surface area contributed by atoms with E-state index in [1.54, 1.807) is 0 Å². The summed E-state index contributed by atoms with van der Waals surface area (Å²) in [5.41, 5.74) is 1.31. The van der Waals surface area contributed by atoms with Gasteiger partial charge in [0.1, 0.15) is 0 Å². The van der Waals surface area contributed by atoms with Crippen LogP contribution in [0.4, 0.5) is 0 Å². The number of aliphatic hydroxyl groups excluding tert-OH is 1. The van der Waals surface area contributed by atoms with Crippen LogP contribution in [0.3, 0.4) is 0 Å². The molecule has 1 rings (SSSR count). The largest absolute Gasteiger partial charge is 0.393 e. The number of benzene rings is 1. The first-order valence-corrected chi connectivity index (χ1v) is 6.18. The van der Waals surface area contributed by atoms with E-state index in [9.17, 15) is 5.11 Å². The van der Waals surface area contributed by atoms with Crippen molar-refractivity contribution in [3.05, 3.63) is 34.9 Å². The number of rotatable bonds is 4. The molecule has 0 spiro atoms. The lowest BCUT2D eigenvalue weighted by Crippen LogP contribution is -2.15. The molecule has 90 valence electrons. The molecule has 1 atom stereocenters. The number of hydrogen-bond donors (Lipinski definition) is 1. The highest BCUT2D eigenvalue weighted by Crippen LogP contribution is 2.24. The summed E-state index contributed by atoms with van der Waals surface area (Å²) in [7, 11) is 0. The minimum absolute atomic E-state index is 0.279. The Kier molecular flexibility index (Phi) is 4.82. The predicted octanol–water partition coefficient (Wildman–Crippen LogP) is 4.07. The first-order chi connectivity index (χ1) is 7.38. The highest BCUT2D eigenvalue weighted by Gasteiger charge is 2.14. The molecule has 0 aliphatic carbocycles. The SMILES string of the molecule is CC(C)(C)CCC(O)Cc1ccccc1Cl. The maximum Gasteiger partial charge on any atom is 0.0581 e.